The second kappa shape index (κ2) is 4.05. The zero-order valence-corrected chi connectivity index (χ0v) is 9.58. The summed E-state index contributed by atoms with van der Waals surface area (Å²) in [6.07, 6.45) is 0.659. The molecule has 0 aromatic heterocycles. The number of hydrogen-bond donors (Lipinski definition) is 1. The standard InChI is InChI=1S/C10H12Cl2FN/c1-3-10(2,14)7-4-6(13)5-8(11)9(7)12/h4-5H,3,14H2,1-2H3. The van der Waals surface area contributed by atoms with Crippen molar-refractivity contribution in [1.29, 1.82) is 0 Å². The molecule has 1 unspecified atom stereocenters. The molecule has 0 heterocycles. The smallest absolute Gasteiger partial charge is 0.125 e. The molecule has 0 spiro atoms. The molecule has 1 aromatic rings. The molecule has 1 nitrogen and oxygen atoms in total. The number of rotatable bonds is 2. The summed E-state index contributed by atoms with van der Waals surface area (Å²) in [5.74, 6) is -0.417. The molecule has 78 valence electrons. The molecule has 1 atom stereocenters. The van der Waals surface area contributed by atoms with Gasteiger partial charge in [-0.25, -0.2) is 4.39 Å². The van der Waals surface area contributed by atoms with Gasteiger partial charge in [0.05, 0.1) is 10.0 Å². The molecular formula is C10H12Cl2FN. The predicted molar refractivity (Wildman–Crippen MR) is 58.3 cm³/mol. The largest absolute Gasteiger partial charge is 0.322 e. The molecule has 0 aliphatic heterocycles. The van der Waals surface area contributed by atoms with Crippen LogP contribution in [0.1, 0.15) is 25.8 Å². The van der Waals surface area contributed by atoms with Gasteiger partial charge in [-0.2, -0.15) is 0 Å². The van der Waals surface area contributed by atoms with Gasteiger partial charge in [0.25, 0.3) is 0 Å². The van der Waals surface area contributed by atoms with E-state index < -0.39 is 11.4 Å². The Labute approximate surface area is 93.0 Å². The summed E-state index contributed by atoms with van der Waals surface area (Å²) in [6, 6.07) is 2.51. The molecule has 0 radical (unpaired) electrons. The van der Waals surface area contributed by atoms with Gasteiger partial charge in [-0.15, -0.1) is 0 Å². The highest BCUT2D eigenvalue weighted by Crippen LogP contribution is 2.34. The van der Waals surface area contributed by atoms with Crippen LogP contribution in [0.5, 0.6) is 0 Å². The summed E-state index contributed by atoms with van der Waals surface area (Å²) >= 11 is 11.7. The molecule has 0 amide bonds. The molecule has 1 aromatic carbocycles. The third-order valence-corrected chi connectivity index (χ3v) is 3.14. The van der Waals surface area contributed by atoms with Gasteiger partial charge in [-0.3, -0.25) is 0 Å². The van der Waals surface area contributed by atoms with Crippen LogP contribution in [0.25, 0.3) is 0 Å². The van der Waals surface area contributed by atoms with Gasteiger partial charge < -0.3 is 5.73 Å². The van der Waals surface area contributed by atoms with E-state index in [4.69, 9.17) is 28.9 Å². The summed E-state index contributed by atoms with van der Waals surface area (Å²) in [5, 5.41) is 0.534. The van der Waals surface area contributed by atoms with Gasteiger partial charge in [0.2, 0.25) is 0 Å². The SMILES string of the molecule is CCC(C)(N)c1cc(F)cc(Cl)c1Cl. The molecule has 0 saturated heterocycles. The summed E-state index contributed by atoms with van der Waals surface area (Å²) in [4.78, 5) is 0. The normalized spacial score (nSPS) is 15.3. The first-order chi connectivity index (χ1) is 6.38. The summed E-state index contributed by atoms with van der Waals surface area (Å²) in [7, 11) is 0. The maximum Gasteiger partial charge on any atom is 0.125 e. The molecular weight excluding hydrogens is 224 g/mol. The van der Waals surface area contributed by atoms with Crippen LogP contribution in [0, 0.1) is 5.82 Å². The molecule has 4 heteroatoms. The van der Waals surface area contributed by atoms with Gasteiger partial charge in [-0.05, 0) is 31.0 Å². The second-order valence-corrected chi connectivity index (χ2v) is 4.31. The van der Waals surface area contributed by atoms with E-state index in [2.05, 4.69) is 0 Å². The monoisotopic (exact) mass is 235 g/mol. The molecule has 0 aliphatic rings. The highest BCUT2D eigenvalue weighted by atomic mass is 35.5. The van der Waals surface area contributed by atoms with Crippen LogP contribution in [0.3, 0.4) is 0 Å². The Morgan fingerprint density at radius 3 is 2.50 bits per heavy atom. The van der Waals surface area contributed by atoms with Crippen molar-refractivity contribution in [2.75, 3.05) is 0 Å². The molecule has 0 saturated carbocycles. The lowest BCUT2D eigenvalue weighted by Gasteiger charge is -2.25. The van der Waals surface area contributed by atoms with Crippen molar-refractivity contribution in [3.8, 4) is 0 Å². The summed E-state index contributed by atoms with van der Waals surface area (Å²) < 4.78 is 13.1. The zero-order valence-electron chi connectivity index (χ0n) is 8.07. The average Bonchev–Trinajstić information content (AvgIpc) is 2.11. The van der Waals surface area contributed by atoms with Crippen LogP contribution in [0.15, 0.2) is 12.1 Å². The van der Waals surface area contributed by atoms with E-state index >= 15 is 0 Å². The van der Waals surface area contributed by atoms with Crippen LogP contribution in [-0.4, -0.2) is 0 Å². The highest BCUT2D eigenvalue weighted by molar-refractivity contribution is 6.42. The van der Waals surface area contributed by atoms with Crippen molar-refractivity contribution in [3.05, 3.63) is 33.6 Å². The fourth-order valence-corrected chi connectivity index (χ4v) is 1.69. The lowest BCUT2D eigenvalue weighted by molar-refractivity contribution is 0.472. The maximum absolute atomic E-state index is 13.1. The molecule has 0 fully saturated rings. The van der Waals surface area contributed by atoms with Crippen LogP contribution >= 0.6 is 23.2 Å². The van der Waals surface area contributed by atoms with Crippen molar-refractivity contribution in [1.82, 2.24) is 0 Å². The number of hydrogen-bond acceptors (Lipinski definition) is 1. The van der Waals surface area contributed by atoms with Gasteiger partial charge in [-0.1, -0.05) is 30.1 Å². The summed E-state index contributed by atoms with van der Waals surface area (Å²) in [5.41, 5.74) is 5.86. The lowest BCUT2D eigenvalue weighted by Crippen LogP contribution is -2.32. The van der Waals surface area contributed by atoms with E-state index in [1.165, 1.54) is 12.1 Å². The van der Waals surface area contributed by atoms with Crippen LogP contribution in [-0.2, 0) is 5.54 Å². The zero-order chi connectivity index (χ0) is 10.9. The van der Waals surface area contributed by atoms with E-state index in [1.54, 1.807) is 6.92 Å². The molecule has 0 aliphatic carbocycles. The minimum atomic E-state index is -0.650. The first-order valence-corrected chi connectivity index (χ1v) is 5.08. The van der Waals surface area contributed by atoms with E-state index in [1.807, 2.05) is 6.92 Å². The first kappa shape index (κ1) is 11.8. The Bertz CT molecular complexity index is 350. The van der Waals surface area contributed by atoms with Gasteiger partial charge >= 0.3 is 0 Å². The molecule has 0 bridgehead atoms. The fourth-order valence-electron chi connectivity index (χ4n) is 1.16. The van der Waals surface area contributed by atoms with E-state index in [0.717, 1.165) is 0 Å². The van der Waals surface area contributed by atoms with E-state index in [-0.39, 0.29) is 5.02 Å². The molecule has 1 rings (SSSR count). The van der Waals surface area contributed by atoms with Crippen LogP contribution < -0.4 is 5.73 Å². The number of benzene rings is 1. The van der Waals surface area contributed by atoms with Crippen molar-refractivity contribution in [2.24, 2.45) is 5.73 Å². The Kier molecular flexibility index (Phi) is 3.40. The minimum Gasteiger partial charge on any atom is -0.322 e. The van der Waals surface area contributed by atoms with Crippen molar-refractivity contribution in [2.45, 2.75) is 25.8 Å². The Hall–Kier alpha value is -0.310. The number of halogens is 3. The topological polar surface area (TPSA) is 26.0 Å². The van der Waals surface area contributed by atoms with Crippen molar-refractivity contribution >= 4 is 23.2 Å². The van der Waals surface area contributed by atoms with Gasteiger partial charge in [0.15, 0.2) is 0 Å². The van der Waals surface area contributed by atoms with Crippen LogP contribution in [0.4, 0.5) is 4.39 Å². The number of nitrogens with two attached hydrogens (primary N) is 1. The molecule has 14 heavy (non-hydrogen) atoms. The highest BCUT2D eigenvalue weighted by Gasteiger charge is 2.23. The Morgan fingerprint density at radius 2 is 2.00 bits per heavy atom. The minimum absolute atomic E-state index is 0.201. The third-order valence-electron chi connectivity index (χ3n) is 2.34. The maximum atomic E-state index is 13.1. The van der Waals surface area contributed by atoms with Crippen LogP contribution in [0.2, 0.25) is 10.0 Å². The molecule has 2 N–H and O–H groups in total. The summed E-state index contributed by atoms with van der Waals surface area (Å²) in [6.45, 7) is 3.71. The third kappa shape index (κ3) is 2.19. The average molecular weight is 236 g/mol. The van der Waals surface area contributed by atoms with Crippen molar-refractivity contribution < 1.29 is 4.39 Å². The Morgan fingerprint density at radius 1 is 1.43 bits per heavy atom. The predicted octanol–water partition coefficient (Wildman–Crippen LogP) is 3.72. The quantitative estimate of drug-likeness (QED) is 0.778. The second-order valence-electron chi connectivity index (χ2n) is 3.52. The first-order valence-electron chi connectivity index (χ1n) is 4.32. The van der Waals surface area contributed by atoms with Gasteiger partial charge in [0.1, 0.15) is 5.82 Å². The Balaban J connectivity index is 3.34. The fraction of sp³-hybridized carbons (Fsp3) is 0.400. The van der Waals surface area contributed by atoms with E-state index in [9.17, 15) is 4.39 Å². The lowest BCUT2D eigenvalue weighted by atomic mass is 9.90. The van der Waals surface area contributed by atoms with Gasteiger partial charge in [0, 0.05) is 5.54 Å². The van der Waals surface area contributed by atoms with E-state index in [0.29, 0.717) is 17.0 Å². The van der Waals surface area contributed by atoms with Crippen molar-refractivity contribution in [3.63, 3.8) is 0 Å².